The molecule has 3 rings (SSSR count). The minimum absolute atomic E-state index is 0.292. The van der Waals surface area contributed by atoms with Crippen molar-refractivity contribution >= 4 is 5.69 Å². The van der Waals surface area contributed by atoms with Crippen molar-refractivity contribution in [3.63, 3.8) is 0 Å². The summed E-state index contributed by atoms with van der Waals surface area (Å²) in [4.78, 5) is 4.74. The van der Waals surface area contributed by atoms with Crippen molar-refractivity contribution in [2.45, 2.75) is 52.2 Å². The minimum atomic E-state index is -0.409. The fraction of sp³-hybridized carbons (Fsp3) is 0.739. The lowest BCUT2D eigenvalue weighted by molar-refractivity contribution is -0.0615. The molecular weight excluding hydrogens is 352 g/mol. The van der Waals surface area contributed by atoms with E-state index in [0.29, 0.717) is 30.6 Å². The topological polar surface area (TPSA) is 45.2 Å². The molecule has 28 heavy (non-hydrogen) atoms. The van der Waals surface area contributed by atoms with Crippen molar-refractivity contribution in [3.05, 3.63) is 24.3 Å². The number of β-amino-alcohol motifs (C(OH)–C–C–N with tert-alkyl or cyclic N) is 1. The van der Waals surface area contributed by atoms with Gasteiger partial charge in [0, 0.05) is 38.4 Å². The van der Waals surface area contributed by atoms with Crippen molar-refractivity contribution in [2.75, 3.05) is 51.3 Å². The molecule has 5 heteroatoms. The number of aliphatic hydroxyl groups is 1. The van der Waals surface area contributed by atoms with Crippen molar-refractivity contribution in [3.8, 4) is 5.75 Å². The molecule has 0 amide bonds. The predicted octanol–water partition coefficient (Wildman–Crippen LogP) is 3.41. The van der Waals surface area contributed by atoms with Gasteiger partial charge >= 0.3 is 0 Å². The highest BCUT2D eigenvalue weighted by atomic mass is 16.5. The Balaban J connectivity index is 1.38. The Morgan fingerprint density at radius 2 is 1.79 bits per heavy atom. The molecule has 1 saturated carbocycles. The van der Waals surface area contributed by atoms with E-state index in [1.807, 2.05) is 12.1 Å². The second-order valence-corrected chi connectivity index (χ2v) is 9.51. The van der Waals surface area contributed by atoms with Crippen LogP contribution in [0.4, 0.5) is 5.69 Å². The maximum Gasteiger partial charge on any atom is 0.119 e. The number of ether oxygens (including phenoxy) is 2. The molecule has 1 aliphatic heterocycles. The molecule has 2 aliphatic rings. The molecule has 1 aromatic carbocycles. The van der Waals surface area contributed by atoms with E-state index in [1.54, 1.807) is 7.11 Å². The van der Waals surface area contributed by atoms with Gasteiger partial charge in [-0.1, -0.05) is 20.8 Å². The highest BCUT2D eigenvalue weighted by Crippen LogP contribution is 2.39. The van der Waals surface area contributed by atoms with Gasteiger partial charge in [-0.15, -0.1) is 0 Å². The number of methoxy groups -OCH3 is 1. The number of aliphatic hydroxyl groups excluding tert-OH is 1. The molecule has 0 unspecified atom stereocenters. The smallest absolute Gasteiger partial charge is 0.119 e. The van der Waals surface area contributed by atoms with E-state index in [9.17, 15) is 5.11 Å². The summed E-state index contributed by atoms with van der Waals surface area (Å²) in [6.45, 7) is 12.0. The van der Waals surface area contributed by atoms with E-state index in [4.69, 9.17) is 9.47 Å². The second-order valence-electron chi connectivity index (χ2n) is 9.51. The fourth-order valence-corrected chi connectivity index (χ4v) is 4.96. The first kappa shape index (κ1) is 21.4. The van der Waals surface area contributed by atoms with E-state index < -0.39 is 6.10 Å². The predicted molar refractivity (Wildman–Crippen MR) is 114 cm³/mol. The first-order valence-corrected chi connectivity index (χ1v) is 10.8. The van der Waals surface area contributed by atoms with E-state index in [0.717, 1.165) is 44.8 Å². The molecule has 0 aromatic heterocycles. The van der Waals surface area contributed by atoms with Crippen molar-refractivity contribution in [1.29, 1.82) is 0 Å². The van der Waals surface area contributed by atoms with Crippen molar-refractivity contribution in [2.24, 2.45) is 11.3 Å². The van der Waals surface area contributed by atoms with Crippen LogP contribution in [-0.4, -0.2) is 68.7 Å². The Morgan fingerprint density at radius 1 is 1.11 bits per heavy atom. The summed E-state index contributed by atoms with van der Waals surface area (Å²) >= 11 is 0. The van der Waals surface area contributed by atoms with Gasteiger partial charge in [-0.25, -0.2) is 0 Å². The summed E-state index contributed by atoms with van der Waals surface area (Å²) in [6.07, 6.45) is 3.38. The third-order valence-electron chi connectivity index (χ3n) is 6.15. The number of anilines is 1. The molecule has 1 N–H and O–H groups in total. The molecule has 1 aromatic rings. The summed E-state index contributed by atoms with van der Waals surface area (Å²) in [5.74, 6) is 1.60. The van der Waals surface area contributed by atoms with Crippen LogP contribution in [0.1, 0.15) is 40.0 Å². The number of benzene rings is 1. The number of hydrogen-bond acceptors (Lipinski definition) is 5. The highest BCUT2D eigenvalue weighted by Gasteiger charge is 2.32. The number of rotatable bonds is 7. The Labute approximate surface area is 170 Å². The van der Waals surface area contributed by atoms with Crippen LogP contribution in [0.15, 0.2) is 24.3 Å². The maximum atomic E-state index is 10.5. The number of nitrogens with zero attached hydrogens (tertiary/aromatic N) is 2. The van der Waals surface area contributed by atoms with E-state index >= 15 is 0 Å². The molecule has 0 radical (unpaired) electrons. The van der Waals surface area contributed by atoms with Crippen LogP contribution >= 0.6 is 0 Å². The van der Waals surface area contributed by atoms with Crippen LogP contribution in [0.25, 0.3) is 0 Å². The van der Waals surface area contributed by atoms with Gasteiger partial charge in [0.2, 0.25) is 0 Å². The molecule has 158 valence electrons. The minimum Gasteiger partial charge on any atom is -0.497 e. The molecule has 5 nitrogen and oxygen atoms in total. The van der Waals surface area contributed by atoms with Gasteiger partial charge in [0.1, 0.15) is 5.75 Å². The summed E-state index contributed by atoms with van der Waals surface area (Å²) < 4.78 is 11.3. The van der Waals surface area contributed by atoms with Gasteiger partial charge in [-0.05, 0) is 54.9 Å². The van der Waals surface area contributed by atoms with E-state index in [1.165, 1.54) is 12.1 Å². The first-order chi connectivity index (χ1) is 13.3. The summed E-state index contributed by atoms with van der Waals surface area (Å²) in [7, 11) is 1.69. The van der Waals surface area contributed by atoms with Crippen LogP contribution < -0.4 is 9.64 Å². The highest BCUT2D eigenvalue weighted by molar-refractivity contribution is 5.49. The van der Waals surface area contributed by atoms with Crippen LogP contribution in [0, 0.1) is 11.3 Å². The average molecular weight is 391 g/mol. The zero-order valence-electron chi connectivity index (χ0n) is 18.1. The van der Waals surface area contributed by atoms with Crippen LogP contribution in [-0.2, 0) is 4.74 Å². The fourth-order valence-electron chi connectivity index (χ4n) is 4.96. The quantitative estimate of drug-likeness (QED) is 0.773. The Bertz CT molecular complexity index is 596. The molecule has 1 aliphatic carbocycles. The van der Waals surface area contributed by atoms with Crippen LogP contribution in [0.5, 0.6) is 5.75 Å². The molecular formula is C23H38N2O3. The van der Waals surface area contributed by atoms with Crippen LogP contribution in [0.3, 0.4) is 0 Å². The van der Waals surface area contributed by atoms with E-state index in [-0.39, 0.29) is 0 Å². The molecule has 0 bridgehead atoms. The zero-order valence-corrected chi connectivity index (χ0v) is 18.1. The molecule has 2 fully saturated rings. The molecule has 0 spiro atoms. The van der Waals surface area contributed by atoms with Gasteiger partial charge in [0.15, 0.2) is 0 Å². The van der Waals surface area contributed by atoms with Gasteiger partial charge in [-0.2, -0.15) is 0 Å². The molecule has 1 saturated heterocycles. The van der Waals surface area contributed by atoms with Gasteiger partial charge in [0.05, 0.1) is 25.9 Å². The monoisotopic (exact) mass is 390 g/mol. The van der Waals surface area contributed by atoms with E-state index in [2.05, 4.69) is 42.7 Å². The van der Waals surface area contributed by atoms with Gasteiger partial charge < -0.3 is 19.5 Å². The summed E-state index contributed by atoms with van der Waals surface area (Å²) in [5, 5.41) is 10.5. The largest absolute Gasteiger partial charge is 0.497 e. The standard InChI is InChI=1S/C23H38N2O3/c1-18-13-22(15-23(2,3)14-18)28-17-20(26)16-24-9-11-25(12-10-24)19-5-7-21(27-4)8-6-19/h5-8,18,20,22,26H,9-17H2,1-4H3/t18-,20-,22+/m1/s1. The lowest BCUT2D eigenvalue weighted by atomic mass is 9.71. The first-order valence-electron chi connectivity index (χ1n) is 10.8. The normalized spacial score (nSPS) is 26.8. The van der Waals surface area contributed by atoms with Crippen molar-refractivity contribution < 1.29 is 14.6 Å². The van der Waals surface area contributed by atoms with Crippen molar-refractivity contribution in [1.82, 2.24) is 4.90 Å². The third kappa shape index (κ3) is 6.10. The van der Waals surface area contributed by atoms with Gasteiger partial charge in [0.25, 0.3) is 0 Å². The van der Waals surface area contributed by atoms with Crippen LogP contribution in [0.2, 0.25) is 0 Å². The SMILES string of the molecule is COc1ccc(N2CCN(C[C@@H](O)CO[C@H]3C[C@@H](C)CC(C)(C)C3)CC2)cc1. The Kier molecular flexibility index (Phi) is 7.24. The lowest BCUT2D eigenvalue weighted by Crippen LogP contribution is -2.49. The second kappa shape index (κ2) is 9.47. The zero-order chi connectivity index (χ0) is 20.1. The third-order valence-corrected chi connectivity index (χ3v) is 6.15. The summed E-state index contributed by atoms with van der Waals surface area (Å²) in [5.41, 5.74) is 1.59. The number of piperazine rings is 1. The lowest BCUT2D eigenvalue weighted by Gasteiger charge is -2.39. The number of hydrogen-bond donors (Lipinski definition) is 1. The maximum absolute atomic E-state index is 10.5. The average Bonchev–Trinajstić information content (AvgIpc) is 2.66. The van der Waals surface area contributed by atoms with Gasteiger partial charge in [-0.3, -0.25) is 4.90 Å². The molecule has 3 atom stereocenters. The Hall–Kier alpha value is -1.30. The summed E-state index contributed by atoms with van der Waals surface area (Å²) in [6, 6.07) is 8.25. The molecule has 1 heterocycles. The Morgan fingerprint density at radius 3 is 2.39 bits per heavy atom.